The number of sulfone groups is 1. The average molecular weight is 405 g/mol. The van der Waals surface area contributed by atoms with Gasteiger partial charge in [0.2, 0.25) is 0 Å². The predicted octanol–water partition coefficient (Wildman–Crippen LogP) is 3.67. The highest BCUT2D eigenvalue weighted by molar-refractivity contribution is 7.90. The molecular weight excluding hydrogens is 391 g/mol. The van der Waals surface area contributed by atoms with Crippen LogP contribution in [0.5, 0.6) is 0 Å². The number of alkyl halides is 3. The van der Waals surface area contributed by atoms with Crippen LogP contribution in [0.4, 0.5) is 13.2 Å². The molecule has 0 bridgehead atoms. The van der Waals surface area contributed by atoms with Gasteiger partial charge in [0, 0.05) is 29.8 Å². The van der Waals surface area contributed by atoms with Gasteiger partial charge < -0.3 is 0 Å². The normalized spacial score (nSPS) is 12.0. The molecule has 0 N–H and O–H groups in total. The molecule has 0 amide bonds. The van der Waals surface area contributed by atoms with Gasteiger partial charge in [-0.05, 0) is 29.8 Å². The Morgan fingerprint density at radius 1 is 1.07 bits per heavy atom. The molecule has 0 fully saturated rings. The monoisotopic (exact) mass is 405 g/mol. The quantitative estimate of drug-likeness (QED) is 0.622. The van der Waals surface area contributed by atoms with Crippen LogP contribution in [0.3, 0.4) is 0 Å². The number of hydrogen-bond donors (Lipinski definition) is 0. The van der Waals surface area contributed by atoms with Crippen LogP contribution in [0.2, 0.25) is 0 Å². The summed E-state index contributed by atoms with van der Waals surface area (Å²) >= 11 is 0. The van der Waals surface area contributed by atoms with E-state index in [4.69, 9.17) is 6.42 Å². The lowest BCUT2D eigenvalue weighted by atomic mass is 9.99. The highest BCUT2D eigenvalue weighted by Gasteiger charge is 2.40. The third-order valence-electron chi connectivity index (χ3n) is 3.99. The summed E-state index contributed by atoms with van der Waals surface area (Å²) in [7, 11) is -3.48. The van der Waals surface area contributed by atoms with Crippen LogP contribution in [0.15, 0.2) is 53.7 Å². The van der Waals surface area contributed by atoms with Crippen molar-refractivity contribution >= 4 is 9.84 Å². The molecule has 0 atom stereocenters. The summed E-state index contributed by atoms with van der Waals surface area (Å²) in [5, 5.41) is 4.09. The van der Waals surface area contributed by atoms with Crippen molar-refractivity contribution in [2.75, 3.05) is 6.26 Å². The van der Waals surface area contributed by atoms with Crippen LogP contribution in [0, 0.1) is 12.3 Å². The van der Waals surface area contributed by atoms with Crippen LogP contribution >= 0.6 is 0 Å². The van der Waals surface area contributed by atoms with E-state index < -0.39 is 21.7 Å². The van der Waals surface area contributed by atoms with Crippen molar-refractivity contribution in [1.29, 1.82) is 0 Å². The summed E-state index contributed by atoms with van der Waals surface area (Å²) < 4.78 is 65.7. The zero-order chi connectivity index (χ0) is 20.5. The maximum absolute atomic E-state index is 13.9. The second-order valence-electron chi connectivity index (χ2n) is 5.96. The van der Waals surface area contributed by atoms with Gasteiger partial charge in [-0.1, -0.05) is 18.1 Å². The molecule has 0 spiro atoms. The first-order valence-electron chi connectivity index (χ1n) is 7.95. The molecule has 0 aliphatic rings. The smallest absolute Gasteiger partial charge is 0.265 e. The maximum Gasteiger partial charge on any atom is 0.433 e. The van der Waals surface area contributed by atoms with E-state index >= 15 is 0 Å². The fourth-order valence-electron chi connectivity index (χ4n) is 2.80. The van der Waals surface area contributed by atoms with Crippen LogP contribution in [0.25, 0.3) is 22.4 Å². The van der Waals surface area contributed by atoms with Crippen molar-refractivity contribution in [3.05, 3.63) is 54.5 Å². The molecular formula is C19H14F3N3O2S. The molecule has 5 nitrogen and oxygen atoms in total. The molecule has 9 heteroatoms. The molecule has 0 saturated carbocycles. The van der Waals surface area contributed by atoms with E-state index in [1.54, 1.807) is 0 Å². The highest BCUT2D eigenvalue weighted by Crippen LogP contribution is 2.42. The summed E-state index contributed by atoms with van der Waals surface area (Å²) in [6.45, 7) is -0.367. The Hall–Kier alpha value is -3.12. The number of terminal acetylenes is 1. The fraction of sp³-hybridized carbons (Fsp3) is 0.158. The van der Waals surface area contributed by atoms with Crippen molar-refractivity contribution in [3.63, 3.8) is 0 Å². The largest absolute Gasteiger partial charge is 0.433 e. The first-order valence-corrected chi connectivity index (χ1v) is 9.84. The topological polar surface area (TPSA) is 64.8 Å². The number of nitrogens with zero attached hydrogens (tertiary/aromatic N) is 3. The van der Waals surface area contributed by atoms with Gasteiger partial charge in [-0.15, -0.1) is 6.42 Å². The van der Waals surface area contributed by atoms with E-state index in [0.717, 1.165) is 10.9 Å². The van der Waals surface area contributed by atoms with Crippen molar-refractivity contribution in [3.8, 4) is 34.7 Å². The molecule has 0 unspecified atom stereocenters. The molecule has 2 aromatic heterocycles. The van der Waals surface area contributed by atoms with Gasteiger partial charge in [-0.3, -0.25) is 4.98 Å². The van der Waals surface area contributed by atoms with Gasteiger partial charge in [0.05, 0.1) is 4.90 Å². The molecule has 0 aliphatic carbocycles. The summed E-state index contributed by atoms with van der Waals surface area (Å²) in [5.74, 6) is 2.18. The Morgan fingerprint density at radius 2 is 1.68 bits per heavy atom. The number of benzene rings is 1. The number of halogens is 3. The summed E-state index contributed by atoms with van der Waals surface area (Å²) in [5.41, 5.74) is -0.483. The number of aromatic nitrogens is 3. The van der Waals surface area contributed by atoms with Gasteiger partial charge in [0.25, 0.3) is 0 Å². The van der Waals surface area contributed by atoms with Crippen LogP contribution in [-0.2, 0) is 22.6 Å². The van der Waals surface area contributed by atoms with Crippen molar-refractivity contribution in [1.82, 2.24) is 14.8 Å². The summed E-state index contributed by atoms with van der Waals surface area (Å²) in [4.78, 5) is 3.88. The third kappa shape index (κ3) is 3.77. The first kappa shape index (κ1) is 19.6. The molecule has 144 valence electrons. The number of hydrogen-bond acceptors (Lipinski definition) is 4. The lowest BCUT2D eigenvalue weighted by Crippen LogP contribution is -2.15. The Kier molecular flexibility index (Phi) is 5.00. The minimum Gasteiger partial charge on any atom is -0.265 e. The number of pyridine rings is 1. The van der Waals surface area contributed by atoms with Gasteiger partial charge in [0.15, 0.2) is 15.5 Å². The van der Waals surface area contributed by atoms with Crippen molar-refractivity contribution < 1.29 is 21.6 Å². The molecule has 0 saturated heterocycles. The van der Waals surface area contributed by atoms with E-state index in [1.807, 2.05) is 0 Å². The van der Waals surface area contributed by atoms with Gasteiger partial charge in [0.1, 0.15) is 12.2 Å². The summed E-state index contributed by atoms with van der Waals surface area (Å²) in [6.07, 6.45) is 4.41. The average Bonchev–Trinajstić information content (AvgIpc) is 3.02. The molecule has 0 aliphatic heterocycles. The number of rotatable bonds is 4. The third-order valence-corrected chi connectivity index (χ3v) is 5.12. The minimum atomic E-state index is -4.72. The van der Waals surface area contributed by atoms with E-state index in [9.17, 15) is 21.6 Å². The minimum absolute atomic E-state index is 0.00582. The van der Waals surface area contributed by atoms with Crippen molar-refractivity contribution in [2.45, 2.75) is 17.6 Å². The SMILES string of the molecule is C#CCn1nc(-c2ccncc2)c(-c2ccc(S(C)(=O)=O)cc2)c1C(F)(F)F. The second kappa shape index (κ2) is 7.13. The lowest BCUT2D eigenvalue weighted by molar-refractivity contribution is -0.143. The van der Waals surface area contributed by atoms with Gasteiger partial charge in [-0.25, -0.2) is 13.1 Å². The van der Waals surface area contributed by atoms with Gasteiger partial charge in [-0.2, -0.15) is 18.3 Å². The van der Waals surface area contributed by atoms with E-state index in [2.05, 4.69) is 16.0 Å². The molecule has 2 heterocycles. The standard InChI is InChI=1S/C19H14F3N3O2S/c1-3-12-25-18(19(20,21)22)16(17(24-25)14-8-10-23-11-9-14)13-4-6-15(7-5-13)28(2,26)27/h1,4-11H,12H2,2H3. The zero-order valence-corrected chi connectivity index (χ0v) is 15.4. The van der Waals surface area contributed by atoms with Crippen LogP contribution in [0.1, 0.15) is 5.69 Å². The molecule has 3 aromatic rings. The molecule has 0 radical (unpaired) electrons. The second-order valence-corrected chi connectivity index (χ2v) is 7.98. The molecule has 1 aromatic carbocycles. The first-order chi connectivity index (χ1) is 13.1. The Bertz CT molecular complexity index is 1140. The Morgan fingerprint density at radius 3 is 2.18 bits per heavy atom. The van der Waals surface area contributed by atoms with E-state index in [1.165, 1.54) is 48.8 Å². The molecule has 28 heavy (non-hydrogen) atoms. The highest BCUT2D eigenvalue weighted by atomic mass is 32.2. The Labute approximate surface area is 159 Å². The molecule has 3 rings (SSSR count). The van der Waals surface area contributed by atoms with E-state index in [0.29, 0.717) is 5.56 Å². The van der Waals surface area contributed by atoms with E-state index in [-0.39, 0.29) is 28.3 Å². The lowest BCUT2D eigenvalue weighted by Gasteiger charge is -2.12. The summed E-state index contributed by atoms with van der Waals surface area (Å²) in [6, 6.07) is 8.26. The fourth-order valence-corrected chi connectivity index (χ4v) is 3.44. The predicted molar refractivity (Wildman–Crippen MR) is 97.8 cm³/mol. The zero-order valence-electron chi connectivity index (χ0n) is 14.6. The maximum atomic E-state index is 13.9. The Balaban J connectivity index is 2.33. The van der Waals surface area contributed by atoms with Crippen molar-refractivity contribution in [2.24, 2.45) is 0 Å². The van der Waals surface area contributed by atoms with Gasteiger partial charge >= 0.3 is 6.18 Å². The van der Waals surface area contributed by atoms with Crippen LogP contribution < -0.4 is 0 Å². The van der Waals surface area contributed by atoms with Crippen LogP contribution in [-0.4, -0.2) is 29.4 Å².